The molecule has 0 unspecified atom stereocenters. The van der Waals surface area contributed by atoms with Crippen LogP contribution in [0, 0.1) is 0 Å². The van der Waals surface area contributed by atoms with Crippen molar-refractivity contribution in [3.8, 4) is 0 Å². The van der Waals surface area contributed by atoms with Gasteiger partial charge < -0.3 is 14.2 Å². The molecule has 0 amide bonds. The summed E-state index contributed by atoms with van der Waals surface area (Å²) in [6, 6.07) is 7.17. The van der Waals surface area contributed by atoms with Gasteiger partial charge in [0.05, 0.1) is 12.7 Å². The SMILES string of the molecule is COC(=O)c1ccc(CC(OC)OC)cc1. The van der Waals surface area contributed by atoms with Gasteiger partial charge in [0.15, 0.2) is 6.29 Å². The first-order chi connectivity index (χ1) is 7.71. The molecule has 0 aromatic heterocycles. The fourth-order valence-corrected chi connectivity index (χ4v) is 1.35. The first-order valence-corrected chi connectivity index (χ1v) is 4.94. The molecule has 0 fully saturated rings. The van der Waals surface area contributed by atoms with Crippen molar-refractivity contribution in [3.63, 3.8) is 0 Å². The monoisotopic (exact) mass is 224 g/mol. The van der Waals surface area contributed by atoms with Gasteiger partial charge >= 0.3 is 5.97 Å². The second kappa shape index (κ2) is 6.25. The molecule has 0 saturated carbocycles. The Balaban J connectivity index is 2.67. The van der Waals surface area contributed by atoms with Crippen LogP contribution in [0.4, 0.5) is 0 Å². The fourth-order valence-electron chi connectivity index (χ4n) is 1.35. The van der Waals surface area contributed by atoms with E-state index in [1.165, 1.54) is 7.11 Å². The molecule has 0 saturated heterocycles. The Kier molecular flexibility index (Phi) is 4.95. The van der Waals surface area contributed by atoms with Crippen LogP contribution < -0.4 is 0 Å². The lowest BCUT2D eigenvalue weighted by atomic mass is 10.1. The number of carbonyl (C=O) groups is 1. The second-order valence-electron chi connectivity index (χ2n) is 3.29. The predicted molar refractivity (Wildman–Crippen MR) is 59.3 cm³/mol. The van der Waals surface area contributed by atoms with Crippen LogP contribution in [0.15, 0.2) is 24.3 Å². The lowest BCUT2D eigenvalue weighted by molar-refractivity contribution is -0.100. The largest absolute Gasteiger partial charge is 0.465 e. The Morgan fingerprint density at radius 3 is 2.12 bits per heavy atom. The van der Waals surface area contributed by atoms with Gasteiger partial charge in [-0.3, -0.25) is 0 Å². The number of hydrogen-bond acceptors (Lipinski definition) is 4. The number of esters is 1. The molecule has 0 aliphatic heterocycles. The molecule has 16 heavy (non-hydrogen) atoms. The van der Waals surface area contributed by atoms with Crippen LogP contribution in [-0.4, -0.2) is 33.6 Å². The Morgan fingerprint density at radius 2 is 1.69 bits per heavy atom. The van der Waals surface area contributed by atoms with E-state index < -0.39 is 0 Å². The van der Waals surface area contributed by atoms with E-state index in [4.69, 9.17) is 9.47 Å². The number of carbonyl (C=O) groups excluding carboxylic acids is 1. The van der Waals surface area contributed by atoms with Crippen molar-refractivity contribution < 1.29 is 19.0 Å². The quantitative estimate of drug-likeness (QED) is 0.563. The van der Waals surface area contributed by atoms with E-state index >= 15 is 0 Å². The van der Waals surface area contributed by atoms with Gasteiger partial charge in [-0.15, -0.1) is 0 Å². The molecular formula is C12H16O4. The zero-order valence-electron chi connectivity index (χ0n) is 9.73. The Morgan fingerprint density at radius 1 is 1.12 bits per heavy atom. The third kappa shape index (κ3) is 3.32. The van der Waals surface area contributed by atoms with Gasteiger partial charge in [0.1, 0.15) is 0 Å². The molecule has 0 aliphatic rings. The summed E-state index contributed by atoms with van der Waals surface area (Å²) >= 11 is 0. The highest BCUT2D eigenvalue weighted by molar-refractivity contribution is 5.89. The van der Waals surface area contributed by atoms with Crippen LogP contribution in [0.3, 0.4) is 0 Å². The zero-order valence-corrected chi connectivity index (χ0v) is 9.73. The van der Waals surface area contributed by atoms with Crippen LogP contribution in [0.2, 0.25) is 0 Å². The van der Waals surface area contributed by atoms with Crippen LogP contribution in [0.5, 0.6) is 0 Å². The lowest BCUT2D eigenvalue weighted by Gasteiger charge is -2.13. The molecule has 4 heteroatoms. The van der Waals surface area contributed by atoms with Crippen molar-refractivity contribution >= 4 is 5.97 Å². The minimum absolute atomic E-state index is 0.260. The van der Waals surface area contributed by atoms with E-state index in [1.54, 1.807) is 26.4 Å². The van der Waals surface area contributed by atoms with Crippen LogP contribution >= 0.6 is 0 Å². The van der Waals surface area contributed by atoms with Crippen molar-refractivity contribution in [3.05, 3.63) is 35.4 Å². The maximum atomic E-state index is 11.2. The van der Waals surface area contributed by atoms with Crippen molar-refractivity contribution in [2.45, 2.75) is 12.7 Å². The molecule has 0 N–H and O–H groups in total. The van der Waals surface area contributed by atoms with Crippen molar-refractivity contribution in [1.29, 1.82) is 0 Å². The van der Waals surface area contributed by atoms with Gasteiger partial charge in [-0.2, -0.15) is 0 Å². The Labute approximate surface area is 95.1 Å². The second-order valence-corrected chi connectivity index (χ2v) is 3.29. The highest BCUT2D eigenvalue weighted by Crippen LogP contribution is 2.09. The van der Waals surface area contributed by atoms with Crippen molar-refractivity contribution in [2.24, 2.45) is 0 Å². The van der Waals surface area contributed by atoms with Gasteiger partial charge in [-0.1, -0.05) is 12.1 Å². The first-order valence-electron chi connectivity index (χ1n) is 4.94. The van der Waals surface area contributed by atoms with E-state index in [0.717, 1.165) is 5.56 Å². The summed E-state index contributed by atoms with van der Waals surface area (Å²) in [6.45, 7) is 0. The third-order valence-electron chi connectivity index (χ3n) is 2.30. The summed E-state index contributed by atoms with van der Waals surface area (Å²) in [5, 5.41) is 0. The van der Waals surface area contributed by atoms with Gasteiger partial charge in [-0.05, 0) is 17.7 Å². The molecule has 88 valence electrons. The zero-order chi connectivity index (χ0) is 12.0. The summed E-state index contributed by atoms with van der Waals surface area (Å²) in [4.78, 5) is 11.2. The topological polar surface area (TPSA) is 44.8 Å². The van der Waals surface area contributed by atoms with E-state index in [1.807, 2.05) is 12.1 Å². The number of ether oxygens (including phenoxy) is 3. The standard InChI is InChI=1S/C12H16O4/c1-14-11(15-2)8-9-4-6-10(7-5-9)12(13)16-3/h4-7,11H,8H2,1-3H3. The maximum Gasteiger partial charge on any atom is 0.337 e. The molecular weight excluding hydrogens is 208 g/mol. The average molecular weight is 224 g/mol. The van der Waals surface area contributed by atoms with Crippen LogP contribution in [0.1, 0.15) is 15.9 Å². The molecule has 0 radical (unpaired) electrons. The van der Waals surface area contributed by atoms with E-state index in [9.17, 15) is 4.79 Å². The smallest absolute Gasteiger partial charge is 0.337 e. The number of methoxy groups -OCH3 is 3. The molecule has 1 aromatic rings. The van der Waals surface area contributed by atoms with Gasteiger partial charge in [-0.25, -0.2) is 4.79 Å². The van der Waals surface area contributed by atoms with Crippen molar-refractivity contribution in [2.75, 3.05) is 21.3 Å². The fraction of sp³-hybridized carbons (Fsp3) is 0.417. The summed E-state index contributed by atoms with van der Waals surface area (Å²) in [6.07, 6.45) is 0.387. The molecule has 0 atom stereocenters. The molecule has 0 aliphatic carbocycles. The average Bonchev–Trinajstić information content (AvgIpc) is 2.35. The molecule has 1 aromatic carbocycles. The van der Waals surface area contributed by atoms with Crippen molar-refractivity contribution in [1.82, 2.24) is 0 Å². The molecule has 4 nitrogen and oxygen atoms in total. The molecule has 1 rings (SSSR count). The van der Waals surface area contributed by atoms with Gasteiger partial charge in [0.25, 0.3) is 0 Å². The number of rotatable bonds is 5. The minimum atomic E-state index is -0.332. The van der Waals surface area contributed by atoms with E-state index in [-0.39, 0.29) is 12.3 Å². The third-order valence-corrected chi connectivity index (χ3v) is 2.30. The summed E-state index contributed by atoms with van der Waals surface area (Å²) in [5.74, 6) is -0.332. The maximum absolute atomic E-state index is 11.2. The van der Waals surface area contributed by atoms with Gasteiger partial charge in [0.2, 0.25) is 0 Å². The molecule has 0 heterocycles. The Bertz CT molecular complexity index is 327. The van der Waals surface area contributed by atoms with E-state index in [0.29, 0.717) is 12.0 Å². The Hall–Kier alpha value is -1.39. The van der Waals surface area contributed by atoms with E-state index in [2.05, 4.69) is 4.74 Å². The minimum Gasteiger partial charge on any atom is -0.465 e. The normalized spacial score (nSPS) is 10.5. The first kappa shape index (κ1) is 12.7. The summed E-state index contributed by atoms with van der Waals surface area (Å²) in [5.41, 5.74) is 1.58. The summed E-state index contributed by atoms with van der Waals surface area (Å²) < 4.78 is 14.8. The number of hydrogen-bond donors (Lipinski definition) is 0. The summed E-state index contributed by atoms with van der Waals surface area (Å²) in [7, 11) is 4.55. The molecule has 0 bridgehead atoms. The molecule has 0 spiro atoms. The van der Waals surface area contributed by atoms with Crippen LogP contribution in [0.25, 0.3) is 0 Å². The number of benzene rings is 1. The highest BCUT2D eigenvalue weighted by Gasteiger charge is 2.08. The predicted octanol–water partition coefficient (Wildman–Crippen LogP) is 1.63. The highest BCUT2D eigenvalue weighted by atomic mass is 16.7. The lowest BCUT2D eigenvalue weighted by Crippen LogP contribution is -2.16. The van der Waals surface area contributed by atoms with Crippen LogP contribution in [-0.2, 0) is 20.6 Å². The van der Waals surface area contributed by atoms with Gasteiger partial charge in [0, 0.05) is 20.6 Å².